The van der Waals surface area contributed by atoms with Crippen molar-refractivity contribution in [1.29, 1.82) is 0 Å². The van der Waals surface area contributed by atoms with Crippen LogP contribution in [0, 0.1) is 29.1 Å². The van der Waals surface area contributed by atoms with Gasteiger partial charge in [0.05, 0.1) is 16.3 Å². The molecule has 3 heterocycles. The third-order valence-electron chi connectivity index (χ3n) is 10.9. The lowest BCUT2D eigenvalue weighted by Gasteiger charge is -2.37. The first-order valence-electron chi connectivity index (χ1n) is 18.6. The van der Waals surface area contributed by atoms with Crippen LogP contribution < -0.4 is 5.32 Å². The minimum Gasteiger partial charge on any atom is -0.344 e. The lowest BCUT2D eigenvalue weighted by Crippen LogP contribution is -2.58. The Balaban J connectivity index is 1.37. The first kappa shape index (κ1) is 38.6. The molecule has 2 aliphatic carbocycles. The summed E-state index contributed by atoms with van der Waals surface area (Å²) in [5.41, 5.74) is -0.484. The number of likely N-dealkylation sites (tertiary alicyclic amines) is 1. The molecule has 2 saturated carbocycles. The van der Waals surface area contributed by atoms with Crippen molar-refractivity contribution in [3.8, 4) is 0 Å². The van der Waals surface area contributed by atoms with E-state index in [-0.39, 0.29) is 70.0 Å². The molecule has 2 aliphatic heterocycles. The molecule has 2 amide bonds. The molecule has 50 heavy (non-hydrogen) atoms. The topological polar surface area (TPSA) is 143 Å². The van der Waals surface area contributed by atoms with Gasteiger partial charge >= 0.3 is 0 Å². The highest BCUT2D eigenvalue weighted by atomic mass is 32.2. The Kier molecular flexibility index (Phi) is 13.0. The largest absolute Gasteiger partial charge is 0.344 e. The average Bonchev–Trinajstić information content (AvgIpc) is 3.66. The maximum Gasteiger partial charge on any atom is 0.246 e. The van der Waals surface area contributed by atoms with Crippen LogP contribution in [-0.4, -0.2) is 84.0 Å². The van der Waals surface area contributed by atoms with Crippen molar-refractivity contribution in [3.63, 3.8) is 0 Å². The first-order valence-corrected chi connectivity index (χ1v) is 20.6. The third-order valence-corrected chi connectivity index (χ3v) is 14.3. The van der Waals surface area contributed by atoms with E-state index in [4.69, 9.17) is 0 Å². The quantitative estimate of drug-likeness (QED) is 0.162. The molecule has 2 saturated heterocycles. The molecule has 1 aromatic rings. The molecule has 4 aliphatic rings. The van der Waals surface area contributed by atoms with Crippen molar-refractivity contribution >= 4 is 58.5 Å². The van der Waals surface area contributed by atoms with Crippen LogP contribution in [0.1, 0.15) is 122 Å². The molecule has 4 fully saturated rings. The van der Waals surface area contributed by atoms with Gasteiger partial charge in [-0.15, -0.1) is 23.5 Å². The van der Waals surface area contributed by atoms with Crippen molar-refractivity contribution in [2.75, 3.05) is 18.1 Å². The Morgan fingerprint density at radius 3 is 2.28 bits per heavy atom. The third kappa shape index (κ3) is 9.63. The molecule has 0 radical (unpaired) electrons. The monoisotopic (exact) mass is 726 g/mol. The maximum atomic E-state index is 14.7. The standard InChI is InChI=1S/C38H54N4O6S2/c1-5-9-26(33(46)32(45)18-24-12-13-24)19-31(44)29-21-38(49-16-17-50-38)23-42(29)36(48)34(37(2,3)4)41-35(47)27(25-10-7-6-8-11-25)20-30(43)28-22-39-14-15-40-28/h14-15,22,24-27,29,34H,5-13,16-21,23H2,1-4H3,(H,41,47)/t26-,27+,29+,34-/m1/s1. The molecule has 1 spiro atoms. The summed E-state index contributed by atoms with van der Waals surface area (Å²) in [5, 5.41) is 3.10. The number of hydrogen-bond donors (Lipinski definition) is 1. The van der Waals surface area contributed by atoms with Crippen molar-refractivity contribution in [3.05, 3.63) is 24.3 Å². The van der Waals surface area contributed by atoms with Gasteiger partial charge in [0, 0.05) is 68.0 Å². The average molecular weight is 727 g/mol. The normalized spacial score (nSPS) is 22.6. The minimum atomic E-state index is -0.942. The Bertz CT molecular complexity index is 1420. The van der Waals surface area contributed by atoms with Crippen LogP contribution >= 0.6 is 23.5 Å². The Labute approximate surface area is 305 Å². The molecular formula is C38H54N4O6S2. The predicted octanol–water partition coefficient (Wildman–Crippen LogP) is 5.87. The van der Waals surface area contributed by atoms with Gasteiger partial charge < -0.3 is 10.2 Å². The van der Waals surface area contributed by atoms with Gasteiger partial charge in [-0.1, -0.05) is 53.4 Å². The van der Waals surface area contributed by atoms with Gasteiger partial charge in [-0.2, -0.15) is 0 Å². The van der Waals surface area contributed by atoms with E-state index in [0.717, 1.165) is 56.5 Å². The zero-order chi connectivity index (χ0) is 36.1. The lowest BCUT2D eigenvalue weighted by molar-refractivity contribution is -0.145. The Hall–Kier alpha value is -2.60. The zero-order valence-electron chi connectivity index (χ0n) is 30.1. The summed E-state index contributed by atoms with van der Waals surface area (Å²) in [6.07, 6.45) is 12.8. The summed E-state index contributed by atoms with van der Waals surface area (Å²) in [6, 6.07) is -1.69. The summed E-state index contributed by atoms with van der Waals surface area (Å²) in [6.45, 7) is 8.02. The van der Waals surface area contributed by atoms with Crippen molar-refractivity contribution in [1.82, 2.24) is 20.2 Å². The number of nitrogens with zero attached hydrogens (tertiary/aromatic N) is 3. The van der Waals surface area contributed by atoms with Gasteiger partial charge in [0.2, 0.25) is 17.6 Å². The highest BCUT2D eigenvalue weighted by molar-refractivity contribution is 8.21. The van der Waals surface area contributed by atoms with Gasteiger partial charge in [0.15, 0.2) is 17.3 Å². The second kappa shape index (κ2) is 16.8. The van der Waals surface area contributed by atoms with E-state index in [9.17, 15) is 28.8 Å². The molecule has 10 nitrogen and oxygen atoms in total. The molecule has 0 aromatic carbocycles. The fourth-order valence-corrected chi connectivity index (χ4v) is 11.1. The van der Waals surface area contributed by atoms with E-state index >= 15 is 0 Å². The van der Waals surface area contributed by atoms with Crippen LogP contribution in [-0.2, 0) is 24.0 Å². The number of hydrogen-bond acceptors (Lipinski definition) is 10. The van der Waals surface area contributed by atoms with E-state index < -0.39 is 35.1 Å². The molecular weight excluding hydrogens is 673 g/mol. The van der Waals surface area contributed by atoms with Crippen molar-refractivity contribution < 1.29 is 28.8 Å². The van der Waals surface area contributed by atoms with E-state index in [0.29, 0.717) is 25.8 Å². The van der Waals surface area contributed by atoms with Gasteiger partial charge in [0.25, 0.3) is 0 Å². The lowest BCUT2D eigenvalue weighted by atomic mass is 9.76. The maximum absolute atomic E-state index is 14.7. The van der Waals surface area contributed by atoms with E-state index in [1.165, 1.54) is 18.6 Å². The molecule has 12 heteroatoms. The number of nitrogens with one attached hydrogen (secondary N) is 1. The number of rotatable bonds is 16. The molecule has 4 atom stereocenters. The molecule has 5 rings (SSSR count). The van der Waals surface area contributed by atoms with Crippen molar-refractivity contribution in [2.45, 2.75) is 127 Å². The molecule has 0 bridgehead atoms. The Morgan fingerprint density at radius 1 is 0.980 bits per heavy atom. The van der Waals surface area contributed by atoms with Crippen LogP contribution in [0.2, 0.25) is 0 Å². The van der Waals surface area contributed by atoms with Crippen LogP contribution in [0.5, 0.6) is 0 Å². The second-order valence-electron chi connectivity index (χ2n) is 15.9. The second-order valence-corrected chi connectivity index (χ2v) is 19.1. The zero-order valence-corrected chi connectivity index (χ0v) is 31.8. The first-order chi connectivity index (χ1) is 23.8. The van der Waals surface area contributed by atoms with Crippen LogP contribution in [0.4, 0.5) is 0 Å². The van der Waals surface area contributed by atoms with Gasteiger partial charge in [-0.3, -0.25) is 33.8 Å². The predicted molar refractivity (Wildman–Crippen MR) is 196 cm³/mol. The van der Waals surface area contributed by atoms with Crippen LogP contribution in [0.3, 0.4) is 0 Å². The van der Waals surface area contributed by atoms with Gasteiger partial charge in [-0.25, -0.2) is 4.98 Å². The smallest absolute Gasteiger partial charge is 0.246 e. The van der Waals surface area contributed by atoms with Gasteiger partial charge in [-0.05, 0) is 49.4 Å². The summed E-state index contributed by atoms with van der Waals surface area (Å²) in [7, 11) is 0. The van der Waals surface area contributed by atoms with E-state index in [2.05, 4.69) is 15.3 Å². The van der Waals surface area contributed by atoms with Crippen molar-refractivity contribution in [2.24, 2.45) is 29.1 Å². The fourth-order valence-electron chi connectivity index (χ4n) is 7.85. The van der Waals surface area contributed by atoms with Crippen LogP contribution in [0.25, 0.3) is 0 Å². The number of amides is 2. The molecule has 274 valence electrons. The summed E-state index contributed by atoms with van der Waals surface area (Å²) in [5.74, 6) is -1.10. The number of thioether (sulfide) groups is 2. The summed E-state index contributed by atoms with van der Waals surface area (Å²) >= 11 is 3.54. The number of carbonyl (C=O) groups is 6. The highest BCUT2D eigenvalue weighted by Crippen LogP contribution is 2.52. The number of ketones is 4. The number of aromatic nitrogens is 2. The number of Topliss-reactive ketones (excluding diaryl/α,β-unsaturated/α-hetero) is 4. The van der Waals surface area contributed by atoms with Gasteiger partial charge in [0.1, 0.15) is 11.7 Å². The fraction of sp³-hybridized carbons (Fsp3) is 0.737. The van der Waals surface area contributed by atoms with E-state index in [1.807, 2.05) is 27.7 Å². The summed E-state index contributed by atoms with van der Waals surface area (Å²) in [4.78, 5) is 92.5. The molecule has 0 unspecified atom stereocenters. The SMILES string of the molecule is CCC[C@H](CC(=O)[C@@H]1CC2(CN1C(=O)[C@@H](NC(=O)[C@@H](CC(=O)c1cnccn1)C1CCCCC1)C(C)(C)C)SCCS2)C(=O)C(=O)CC1CC1. The molecule has 1 aromatic heterocycles. The Morgan fingerprint density at radius 2 is 1.68 bits per heavy atom. The summed E-state index contributed by atoms with van der Waals surface area (Å²) < 4.78 is -0.331. The van der Waals surface area contributed by atoms with Crippen LogP contribution in [0.15, 0.2) is 18.6 Å². The highest BCUT2D eigenvalue weighted by Gasteiger charge is 2.53. The molecule has 1 N–H and O–H groups in total. The minimum absolute atomic E-state index is 0.00595. The van der Waals surface area contributed by atoms with E-state index in [1.54, 1.807) is 28.4 Å². The number of carbonyl (C=O) groups excluding carboxylic acids is 6.